The molecule has 0 bridgehead atoms. The van der Waals surface area contributed by atoms with Crippen molar-refractivity contribution in [1.29, 1.82) is 0 Å². The van der Waals surface area contributed by atoms with Gasteiger partial charge in [-0.1, -0.05) is 33.8 Å². The average Bonchev–Trinajstić information content (AvgIpc) is 2.64. The maximum Gasteiger partial charge on any atom is 0.163 e. The van der Waals surface area contributed by atoms with Crippen LogP contribution in [0, 0.1) is 0 Å². The number of hydrogen-bond acceptors (Lipinski definition) is 4. The highest BCUT2D eigenvalue weighted by atomic mass is 16.5. The molecule has 2 rings (SSSR count). The zero-order valence-corrected chi connectivity index (χ0v) is 15.2. The highest BCUT2D eigenvalue weighted by molar-refractivity contribution is 5.54. The molecule has 0 aliphatic carbocycles. The molecule has 4 nitrogen and oxygen atoms in total. The van der Waals surface area contributed by atoms with Gasteiger partial charge >= 0.3 is 0 Å². The van der Waals surface area contributed by atoms with Crippen LogP contribution >= 0.6 is 0 Å². The van der Waals surface area contributed by atoms with Crippen LogP contribution < -0.4 is 14.8 Å². The fourth-order valence-electron chi connectivity index (χ4n) is 1.75. The Labute approximate surface area is 140 Å². The minimum Gasteiger partial charge on any atom is -0.493 e. The third-order valence-corrected chi connectivity index (χ3v) is 2.66. The van der Waals surface area contributed by atoms with E-state index in [9.17, 15) is 0 Å². The molecule has 0 unspecified atom stereocenters. The summed E-state index contributed by atoms with van der Waals surface area (Å²) in [4.78, 5) is 4.06. The van der Waals surface area contributed by atoms with Gasteiger partial charge < -0.3 is 14.8 Å². The molecular formula is C19H30N2O2. The average molecular weight is 318 g/mol. The summed E-state index contributed by atoms with van der Waals surface area (Å²) in [7, 11) is 1.64. The molecule has 1 heterocycles. The second-order valence-electron chi connectivity index (χ2n) is 4.05. The summed E-state index contributed by atoms with van der Waals surface area (Å²) < 4.78 is 11.1. The summed E-state index contributed by atoms with van der Waals surface area (Å²) >= 11 is 0. The molecule has 0 radical (unpaired) electrons. The van der Waals surface area contributed by atoms with Crippen molar-refractivity contribution >= 4 is 5.69 Å². The van der Waals surface area contributed by atoms with E-state index in [0.29, 0.717) is 6.61 Å². The number of nitrogens with zero attached hydrogens (tertiary/aromatic N) is 1. The highest BCUT2D eigenvalue weighted by Crippen LogP contribution is 2.30. The molecule has 0 amide bonds. The van der Waals surface area contributed by atoms with Crippen LogP contribution in [0.2, 0.25) is 0 Å². The van der Waals surface area contributed by atoms with Gasteiger partial charge in [0.25, 0.3) is 0 Å². The molecule has 2 aromatic rings. The quantitative estimate of drug-likeness (QED) is 0.799. The van der Waals surface area contributed by atoms with E-state index in [1.165, 1.54) is 0 Å². The first-order chi connectivity index (χ1) is 11.3. The van der Waals surface area contributed by atoms with Gasteiger partial charge in [-0.05, 0) is 25.1 Å². The Kier molecular flexibility index (Phi) is 12.1. The summed E-state index contributed by atoms with van der Waals surface area (Å²) in [5.41, 5.74) is 2.04. The smallest absolute Gasteiger partial charge is 0.163 e. The van der Waals surface area contributed by atoms with Gasteiger partial charge in [0.15, 0.2) is 11.5 Å². The van der Waals surface area contributed by atoms with E-state index < -0.39 is 0 Å². The topological polar surface area (TPSA) is 43.4 Å². The van der Waals surface area contributed by atoms with Crippen molar-refractivity contribution in [3.8, 4) is 11.5 Å². The Bertz CT molecular complexity index is 516. The lowest BCUT2D eigenvalue weighted by atomic mass is 10.2. The van der Waals surface area contributed by atoms with Crippen molar-refractivity contribution in [2.75, 3.05) is 19.0 Å². The first kappa shape index (κ1) is 20.8. The molecule has 1 aromatic carbocycles. The molecule has 1 aromatic heterocycles. The van der Waals surface area contributed by atoms with Crippen LogP contribution in [0.3, 0.4) is 0 Å². The zero-order valence-electron chi connectivity index (χ0n) is 15.2. The predicted octanol–water partition coefficient (Wildman–Crippen LogP) is 5.15. The van der Waals surface area contributed by atoms with Gasteiger partial charge in [0.05, 0.1) is 7.11 Å². The van der Waals surface area contributed by atoms with Crippen molar-refractivity contribution in [3.05, 3.63) is 48.3 Å². The van der Waals surface area contributed by atoms with Gasteiger partial charge in [-0.25, -0.2) is 0 Å². The first-order valence-electron chi connectivity index (χ1n) is 8.27. The SMILES string of the molecule is CC.CC.CCNc1ccc(OC)c(OCc2cccnc2)c1. The van der Waals surface area contributed by atoms with Gasteiger partial charge in [0, 0.05) is 36.3 Å². The molecule has 0 saturated heterocycles. The van der Waals surface area contributed by atoms with Gasteiger partial charge in [-0.15, -0.1) is 0 Å². The van der Waals surface area contributed by atoms with Gasteiger partial charge in [-0.2, -0.15) is 0 Å². The molecule has 0 aliphatic rings. The van der Waals surface area contributed by atoms with E-state index in [1.54, 1.807) is 19.5 Å². The third kappa shape index (κ3) is 7.54. The number of aromatic nitrogens is 1. The van der Waals surface area contributed by atoms with Crippen LogP contribution in [0.5, 0.6) is 11.5 Å². The summed E-state index contributed by atoms with van der Waals surface area (Å²) in [6.45, 7) is 11.4. The van der Waals surface area contributed by atoms with E-state index in [-0.39, 0.29) is 0 Å². The van der Waals surface area contributed by atoms with Crippen molar-refractivity contribution in [1.82, 2.24) is 4.98 Å². The maximum absolute atomic E-state index is 5.80. The monoisotopic (exact) mass is 318 g/mol. The molecule has 1 N–H and O–H groups in total. The summed E-state index contributed by atoms with van der Waals surface area (Å²) in [5, 5.41) is 3.25. The predicted molar refractivity (Wildman–Crippen MR) is 98.4 cm³/mol. The number of benzene rings is 1. The van der Waals surface area contributed by atoms with E-state index in [4.69, 9.17) is 9.47 Å². The molecule has 0 spiro atoms. The van der Waals surface area contributed by atoms with Crippen molar-refractivity contribution in [3.63, 3.8) is 0 Å². The maximum atomic E-state index is 5.80. The van der Waals surface area contributed by atoms with Gasteiger partial charge in [-0.3, -0.25) is 4.98 Å². The summed E-state index contributed by atoms with van der Waals surface area (Å²) in [5.74, 6) is 1.45. The minimum atomic E-state index is 0.472. The second-order valence-corrected chi connectivity index (χ2v) is 4.05. The first-order valence-corrected chi connectivity index (χ1v) is 8.27. The third-order valence-electron chi connectivity index (χ3n) is 2.66. The van der Waals surface area contributed by atoms with Crippen LogP contribution in [0.1, 0.15) is 40.2 Å². The molecule has 0 atom stereocenters. The number of rotatable bonds is 6. The molecule has 0 fully saturated rings. The number of anilines is 1. The van der Waals surface area contributed by atoms with Gasteiger partial charge in [0.1, 0.15) is 6.61 Å². The fourth-order valence-corrected chi connectivity index (χ4v) is 1.75. The van der Waals surface area contributed by atoms with Crippen LogP contribution in [-0.2, 0) is 6.61 Å². The summed E-state index contributed by atoms with van der Waals surface area (Å²) in [6, 6.07) is 9.69. The molecule has 128 valence electrons. The second kappa shape index (κ2) is 13.4. The standard InChI is InChI=1S/C15H18N2O2.2C2H6/c1-3-17-13-6-7-14(18-2)15(9-13)19-11-12-5-4-8-16-10-12;2*1-2/h4-10,17H,3,11H2,1-2H3;2*1-2H3. The summed E-state index contributed by atoms with van der Waals surface area (Å²) in [6.07, 6.45) is 3.54. The minimum absolute atomic E-state index is 0.472. The number of methoxy groups -OCH3 is 1. The van der Waals surface area contributed by atoms with E-state index in [2.05, 4.69) is 17.2 Å². The number of ether oxygens (including phenoxy) is 2. The normalized spacial score (nSPS) is 8.78. The van der Waals surface area contributed by atoms with E-state index in [0.717, 1.165) is 29.3 Å². The lowest BCUT2D eigenvalue weighted by Gasteiger charge is -2.12. The van der Waals surface area contributed by atoms with Crippen LogP contribution in [0.25, 0.3) is 0 Å². The Morgan fingerprint density at radius 2 is 1.78 bits per heavy atom. The van der Waals surface area contributed by atoms with Crippen molar-refractivity contribution < 1.29 is 9.47 Å². The molecule has 23 heavy (non-hydrogen) atoms. The van der Waals surface area contributed by atoms with Crippen LogP contribution in [0.4, 0.5) is 5.69 Å². The van der Waals surface area contributed by atoms with E-state index in [1.807, 2.05) is 58.0 Å². The Morgan fingerprint density at radius 3 is 2.35 bits per heavy atom. The lowest BCUT2D eigenvalue weighted by Crippen LogP contribution is -2.00. The lowest BCUT2D eigenvalue weighted by molar-refractivity contribution is 0.284. The van der Waals surface area contributed by atoms with Crippen LogP contribution in [0.15, 0.2) is 42.7 Å². The Balaban J connectivity index is 0.00000112. The molecule has 0 saturated carbocycles. The number of nitrogens with one attached hydrogen (secondary N) is 1. The fraction of sp³-hybridized carbons (Fsp3) is 0.421. The van der Waals surface area contributed by atoms with Gasteiger partial charge in [0.2, 0.25) is 0 Å². The van der Waals surface area contributed by atoms with E-state index >= 15 is 0 Å². The number of hydrogen-bond donors (Lipinski definition) is 1. The van der Waals surface area contributed by atoms with Crippen LogP contribution in [-0.4, -0.2) is 18.6 Å². The Morgan fingerprint density at radius 1 is 1.04 bits per heavy atom. The largest absolute Gasteiger partial charge is 0.493 e. The molecule has 0 aliphatic heterocycles. The van der Waals surface area contributed by atoms with Crippen molar-refractivity contribution in [2.24, 2.45) is 0 Å². The Hall–Kier alpha value is -2.23. The molecular weight excluding hydrogens is 288 g/mol. The van der Waals surface area contributed by atoms with Crippen molar-refractivity contribution in [2.45, 2.75) is 41.2 Å². The highest BCUT2D eigenvalue weighted by Gasteiger charge is 2.06. The zero-order chi connectivity index (χ0) is 17.5. The molecule has 4 heteroatoms. The number of pyridine rings is 1.